The molecule has 0 atom stereocenters. The molecule has 0 aliphatic heterocycles. The van der Waals surface area contributed by atoms with E-state index < -0.39 is 18.0 Å². The van der Waals surface area contributed by atoms with Crippen molar-refractivity contribution < 1.29 is 23.4 Å². The zero-order valence-electron chi connectivity index (χ0n) is 11.1. The third-order valence-corrected chi connectivity index (χ3v) is 3.37. The predicted molar refractivity (Wildman–Crippen MR) is 72.8 cm³/mol. The first kappa shape index (κ1) is 14.6. The van der Waals surface area contributed by atoms with Crippen LogP contribution in [-0.4, -0.2) is 19.8 Å². The highest BCUT2D eigenvalue weighted by atomic mass is 19.4. The average Bonchev–Trinajstić information content (AvgIpc) is 2.89. The van der Waals surface area contributed by atoms with Gasteiger partial charge in [0.25, 0.3) is 0 Å². The molecule has 114 valence electrons. The number of aliphatic hydroxyl groups excluding tert-OH is 1. The van der Waals surface area contributed by atoms with Crippen LogP contribution >= 0.6 is 0 Å². The van der Waals surface area contributed by atoms with E-state index in [1.807, 2.05) is 0 Å². The number of aliphatic hydroxyl groups is 2. The first-order valence-electron chi connectivity index (χ1n) is 6.37. The Labute approximate surface area is 123 Å². The monoisotopic (exact) mass is 308 g/mol. The summed E-state index contributed by atoms with van der Waals surface area (Å²) in [6, 6.07) is 7.77. The van der Waals surface area contributed by atoms with Crippen molar-refractivity contribution in [1.82, 2.24) is 9.61 Å². The number of nitrogens with zero attached hydrogens (tertiary/aromatic N) is 2. The van der Waals surface area contributed by atoms with Gasteiger partial charge in [-0.05, 0) is 29.8 Å². The molecule has 0 aliphatic rings. The molecule has 0 radical (unpaired) electrons. The van der Waals surface area contributed by atoms with Gasteiger partial charge in [-0.15, -0.1) is 0 Å². The summed E-state index contributed by atoms with van der Waals surface area (Å²) in [6.45, 7) is 0. The van der Waals surface area contributed by atoms with Crippen molar-refractivity contribution in [2.75, 3.05) is 0 Å². The number of hydrogen-bond acceptors (Lipinski definition) is 3. The van der Waals surface area contributed by atoms with E-state index in [-0.39, 0.29) is 5.56 Å². The van der Waals surface area contributed by atoms with Crippen LogP contribution in [0.2, 0.25) is 0 Å². The quantitative estimate of drug-likeness (QED) is 0.716. The third-order valence-electron chi connectivity index (χ3n) is 3.37. The van der Waals surface area contributed by atoms with Crippen molar-refractivity contribution >= 4 is 5.52 Å². The van der Waals surface area contributed by atoms with Crippen LogP contribution in [0.1, 0.15) is 17.4 Å². The summed E-state index contributed by atoms with van der Waals surface area (Å²) in [5.74, 6) is 0. The van der Waals surface area contributed by atoms with Crippen molar-refractivity contribution in [2.24, 2.45) is 0 Å². The molecule has 0 unspecified atom stereocenters. The van der Waals surface area contributed by atoms with Gasteiger partial charge in [0.2, 0.25) is 0 Å². The van der Waals surface area contributed by atoms with Crippen molar-refractivity contribution in [3.8, 4) is 11.1 Å². The van der Waals surface area contributed by atoms with Gasteiger partial charge in [0.05, 0.1) is 17.3 Å². The van der Waals surface area contributed by atoms with Gasteiger partial charge in [-0.25, -0.2) is 4.52 Å². The number of pyridine rings is 1. The second kappa shape index (κ2) is 5.11. The fraction of sp³-hybridized carbons (Fsp3) is 0.133. The van der Waals surface area contributed by atoms with E-state index in [9.17, 15) is 23.4 Å². The minimum absolute atomic E-state index is 0.279. The standard InChI is InChI=1S/C15H11F3N2O2/c16-15(17,18)11-3-1-9(2-4-11)12-8-19-20-6-5-10(14(21)22)7-13(12)20/h1-8,14,21-22H. The molecule has 0 amide bonds. The van der Waals surface area contributed by atoms with Crippen molar-refractivity contribution in [1.29, 1.82) is 0 Å². The fourth-order valence-electron chi connectivity index (χ4n) is 2.22. The second-order valence-electron chi connectivity index (χ2n) is 4.80. The van der Waals surface area contributed by atoms with Crippen LogP contribution in [-0.2, 0) is 6.18 Å². The Morgan fingerprint density at radius 1 is 1.05 bits per heavy atom. The summed E-state index contributed by atoms with van der Waals surface area (Å²) < 4.78 is 39.3. The van der Waals surface area contributed by atoms with E-state index in [4.69, 9.17) is 0 Å². The van der Waals surface area contributed by atoms with Crippen LogP contribution in [0, 0.1) is 0 Å². The van der Waals surface area contributed by atoms with E-state index >= 15 is 0 Å². The molecular formula is C15H11F3N2O2. The average molecular weight is 308 g/mol. The number of hydrogen-bond donors (Lipinski definition) is 2. The Morgan fingerprint density at radius 2 is 1.73 bits per heavy atom. The molecule has 22 heavy (non-hydrogen) atoms. The molecule has 1 aromatic carbocycles. The van der Waals surface area contributed by atoms with E-state index in [1.54, 1.807) is 6.20 Å². The predicted octanol–water partition coefficient (Wildman–Crippen LogP) is 3.00. The molecule has 4 nitrogen and oxygen atoms in total. The molecule has 0 aliphatic carbocycles. The lowest BCUT2D eigenvalue weighted by Crippen LogP contribution is -2.03. The van der Waals surface area contributed by atoms with Crippen LogP contribution in [0.25, 0.3) is 16.6 Å². The molecule has 2 N–H and O–H groups in total. The van der Waals surface area contributed by atoms with Crippen LogP contribution in [0.15, 0.2) is 48.8 Å². The van der Waals surface area contributed by atoms with E-state index in [1.165, 1.54) is 35.0 Å². The highest BCUT2D eigenvalue weighted by Crippen LogP contribution is 2.32. The second-order valence-corrected chi connectivity index (χ2v) is 4.80. The van der Waals surface area contributed by atoms with Gasteiger partial charge in [-0.3, -0.25) is 0 Å². The molecule has 0 saturated heterocycles. The summed E-state index contributed by atoms with van der Waals surface area (Å²) >= 11 is 0. The number of halogens is 3. The zero-order chi connectivity index (χ0) is 15.9. The first-order valence-corrected chi connectivity index (χ1v) is 6.37. The molecular weight excluding hydrogens is 297 g/mol. The normalized spacial score (nSPS) is 12.3. The molecule has 3 aromatic rings. The third kappa shape index (κ3) is 2.56. The Morgan fingerprint density at radius 3 is 2.32 bits per heavy atom. The van der Waals surface area contributed by atoms with Crippen molar-refractivity contribution in [3.63, 3.8) is 0 Å². The highest BCUT2D eigenvalue weighted by molar-refractivity contribution is 5.80. The van der Waals surface area contributed by atoms with Gasteiger partial charge in [0.1, 0.15) is 0 Å². The van der Waals surface area contributed by atoms with E-state index in [0.717, 1.165) is 12.1 Å². The maximum atomic E-state index is 12.6. The molecule has 2 heterocycles. The summed E-state index contributed by atoms with van der Waals surface area (Å²) in [7, 11) is 0. The minimum Gasteiger partial charge on any atom is -0.364 e. The Bertz CT molecular complexity index is 808. The molecule has 0 saturated carbocycles. The summed E-state index contributed by atoms with van der Waals surface area (Å²) in [5, 5.41) is 22.5. The lowest BCUT2D eigenvalue weighted by Gasteiger charge is -2.08. The molecule has 0 fully saturated rings. The van der Waals surface area contributed by atoms with Gasteiger partial charge < -0.3 is 10.2 Å². The Balaban J connectivity index is 2.08. The molecule has 0 spiro atoms. The molecule has 0 bridgehead atoms. The Hall–Kier alpha value is -2.38. The number of benzene rings is 1. The van der Waals surface area contributed by atoms with Gasteiger partial charge in [0, 0.05) is 17.3 Å². The van der Waals surface area contributed by atoms with Gasteiger partial charge >= 0.3 is 6.18 Å². The number of alkyl halides is 3. The maximum absolute atomic E-state index is 12.6. The molecule has 7 heteroatoms. The van der Waals surface area contributed by atoms with Gasteiger partial charge in [-0.2, -0.15) is 18.3 Å². The van der Waals surface area contributed by atoms with Gasteiger partial charge in [0.15, 0.2) is 6.29 Å². The smallest absolute Gasteiger partial charge is 0.364 e. The Kier molecular flexibility index (Phi) is 3.38. The maximum Gasteiger partial charge on any atom is 0.416 e. The van der Waals surface area contributed by atoms with Crippen LogP contribution < -0.4 is 0 Å². The summed E-state index contributed by atoms with van der Waals surface area (Å²) in [6.07, 6.45) is -2.93. The topological polar surface area (TPSA) is 57.8 Å². The minimum atomic E-state index is -4.38. The van der Waals surface area contributed by atoms with Crippen LogP contribution in [0.5, 0.6) is 0 Å². The zero-order valence-corrected chi connectivity index (χ0v) is 11.1. The van der Waals surface area contributed by atoms with Crippen LogP contribution in [0.3, 0.4) is 0 Å². The number of aromatic nitrogens is 2. The van der Waals surface area contributed by atoms with E-state index in [0.29, 0.717) is 16.6 Å². The van der Waals surface area contributed by atoms with Crippen LogP contribution in [0.4, 0.5) is 13.2 Å². The van der Waals surface area contributed by atoms with Crippen molar-refractivity contribution in [2.45, 2.75) is 12.5 Å². The van der Waals surface area contributed by atoms with Crippen molar-refractivity contribution in [3.05, 3.63) is 59.9 Å². The summed E-state index contributed by atoms with van der Waals surface area (Å²) in [5.41, 5.74) is 1.30. The largest absolute Gasteiger partial charge is 0.416 e. The lowest BCUT2D eigenvalue weighted by molar-refractivity contribution is -0.137. The number of fused-ring (bicyclic) bond motifs is 1. The molecule has 2 aromatic heterocycles. The molecule has 3 rings (SSSR count). The van der Waals surface area contributed by atoms with E-state index in [2.05, 4.69) is 5.10 Å². The SMILES string of the molecule is OC(O)c1ccn2ncc(-c3ccc(C(F)(F)F)cc3)c2c1. The summed E-state index contributed by atoms with van der Waals surface area (Å²) in [4.78, 5) is 0. The number of rotatable bonds is 2. The van der Waals surface area contributed by atoms with Gasteiger partial charge in [-0.1, -0.05) is 12.1 Å². The fourth-order valence-corrected chi connectivity index (χ4v) is 2.22. The first-order chi connectivity index (χ1) is 10.4. The lowest BCUT2D eigenvalue weighted by atomic mass is 10.0. The highest BCUT2D eigenvalue weighted by Gasteiger charge is 2.30.